The maximum absolute atomic E-state index is 11.9. The number of benzene rings is 1. The van der Waals surface area contributed by atoms with Crippen LogP contribution >= 0.6 is 0 Å². The van der Waals surface area contributed by atoms with Crippen LogP contribution in [0.4, 0.5) is 5.69 Å². The lowest BCUT2D eigenvalue weighted by Crippen LogP contribution is -2.44. The molecule has 1 aliphatic rings. The molecule has 0 aliphatic carbocycles. The average Bonchev–Trinajstić information content (AvgIpc) is 2.57. The van der Waals surface area contributed by atoms with Crippen LogP contribution in [0.1, 0.15) is 46.6 Å². The van der Waals surface area contributed by atoms with Crippen molar-refractivity contribution < 1.29 is 18.7 Å². The van der Waals surface area contributed by atoms with Crippen molar-refractivity contribution in [1.29, 1.82) is 0 Å². The van der Waals surface area contributed by atoms with Crippen LogP contribution in [0.2, 0.25) is 18.1 Å². The van der Waals surface area contributed by atoms with Crippen LogP contribution in [0.25, 0.3) is 0 Å². The molecule has 1 heterocycles. The molecular formula is C21H35NO4Si. The van der Waals surface area contributed by atoms with E-state index < -0.39 is 13.9 Å². The van der Waals surface area contributed by atoms with Crippen molar-refractivity contribution in [3.8, 4) is 5.75 Å². The summed E-state index contributed by atoms with van der Waals surface area (Å²) in [6, 6.07) is 5.98. The van der Waals surface area contributed by atoms with Crippen molar-refractivity contribution in [2.45, 2.75) is 77.2 Å². The third kappa shape index (κ3) is 5.26. The Morgan fingerprint density at radius 1 is 1.26 bits per heavy atom. The molecule has 0 fully saturated rings. The SMILES string of the molecule is COC(=O)C(C)(C)Nc1ccc2c(c1)CCC(CO[Si](C)(C)C(C)(C)C)O2. The summed E-state index contributed by atoms with van der Waals surface area (Å²) in [6.07, 6.45) is 1.97. The number of hydrogen-bond donors (Lipinski definition) is 1. The number of carbonyl (C=O) groups excluding carboxylic acids is 1. The van der Waals surface area contributed by atoms with Crippen LogP contribution in [-0.2, 0) is 20.4 Å². The molecule has 5 nitrogen and oxygen atoms in total. The summed E-state index contributed by atoms with van der Waals surface area (Å²) in [6.45, 7) is 15.6. The number of aryl methyl sites for hydroxylation is 1. The number of rotatable bonds is 6. The van der Waals surface area contributed by atoms with Crippen LogP contribution in [0.5, 0.6) is 5.75 Å². The topological polar surface area (TPSA) is 56.8 Å². The summed E-state index contributed by atoms with van der Waals surface area (Å²) in [5, 5.41) is 3.44. The summed E-state index contributed by atoms with van der Waals surface area (Å²) >= 11 is 0. The Labute approximate surface area is 164 Å². The summed E-state index contributed by atoms with van der Waals surface area (Å²) in [5.74, 6) is 0.616. The first kappa shape index (κ1) is 21.8. The Morgan fingerprint density at radius 3 is 2.52 bits per heavy atom. The largest absolute Gasteiger partial charge is 0.488 e. The van der Waals surface area contributed by atoms with Gasteiger partial charge in [-0.05, 0) is 68.6 Å². The number of esters is 1. The molecule has 152 valence electrons. The fraction of sp³-hybridized carbons (Fsp3) is 0.667. The molecule has 1 aromatic rings. The van der Waals surface area contributed by atoms with Crippen molar-refractivity contribution in [1.82, 2.24) is 0 Å². The van der Waals surface area contributed by atoms with E-state index in [1.54, 1.807) is 0 Å². The zero-order valence-electron chi connectivity index (χ0n) is 18.1. The summed E-state index contributed by atoms with van der Waals surface area (Å²) in [7, 11) is -0.363. The van der Waals surface area contributed by atoms with E-state index >= 15 is 0 Å². The molecule has 0 spiro atoms. The van der Waals surface area contributed by atoms with Gasteiger partial charge in [0.15, 0.2) is 8.32 Å². The number of anilines is 1. The van der Waals surface area contributed by atoms with Gasteiger partial charge in [0.25, 0.3) is 0 Å². The summed E-state index contributed by atoms with van der Waals surface area (Å²) in [4.78, 5) is 11.9. The van der Waals surface area contributed by atoms with Gasteiger partial charge in [-0.2, -0.15) is 0 Å². The van der Waals surface area contributed by atoms with E-state index in [9.17, 15) is 4.79 Å². The quantitative estimate of drug-likeness (QED) is 0.557. The normalized spacial score (nSPS) is 17.7. The highest BCUT2D eigenvalue weighted by Crippen LogP contribution is 2.37. The maximum atomic E-state index is 11.9. The molecule has 1 atom stereocenters. The van der Waals surface area contributed by atoms with E-state index in [0.29, 0.717) is 6.61 Å². The summed E-state index contributed by atoms with van der Waals surface area (Å²) < 4.78 is 17.4. The molecule has 1 aliphatic heterocycles. The first-order valence-electron chi connectivity index (χ1n) is 9.66. The van der Waals surface area contributed by atoms with E-state index in [2.05, 4.69) is 45.2 Å². The van der Waals surface area contributed by atoms with Crippen molar-refractivity contribution >= 4 is 20.0 Å². The lowest BCUT2D eigenvalue weighted by atomic mass is 10.0. The van der Waals surface area contributed by atoms with E-state index in [1.165, 1.54) is 7.11 Å². The first-order chi connectivity index (χ1) is 12.4. The van der Waals surface area contributed by atoms with Crippen molar-refractivity contribution in [3.63, 3.8) is 0 Å². The molecular weight excluding hydrogens is 358 g/mol. The number of carbonyl (C=O) groups is 1. The van der Waals surface area contributed by atoms with Gasteiger partial charge in [0, 0.05) is 5.69 Å². The van der Waals surface area contributed by atoms with Gasteiger partial charge in [-0.25, -0.2) is 4.79 Å². The van der Waals surface area contributed by atoms with Gasteiger partial charge < -0.3 is 19.2 Å². The van der Waals surface area contributed by atoms with Gasteiger partial charge in [0.2, 0.25) is 0 Å². The van der Waals surface area contributed by atoms with E-state index in [0.717, 1.165) is 29.8 Å². The minimum absolute atomic E-state index is 0.0944. The highest BCUT2D eigenvalue weighted by Gasteiger charge is 2.38. The second-order valence-electron chi connectivity index (χ2n) is 9.41. The molecule has 0 saturated heterocycles. The standard InChI is InChI=1S/C21H35NO4Si/c1-20(2,3)27(7,8)25-14-17-11-9-15-13-16(10-12-18(15)26-17)22-21(4,5)19(23)24-6/h10,12-13,17,22H,9,11,14H2,1-8H3. The molecule has 0 radical (unpaired) electrons. The monoisotopic (exact) mass is 393 g/mol. The lowest BCUT2D eigenvalue weighted by molar-refractivity contribution is -0.144. The molecule has 1 aromatic carbocycles. The van der Waals surface area contributed by atoms with Gasteiger partial charge in [0.1, 0.15) is 17.4 Å². The van der Waals surface area contributed by atoms with Crippen LogP contribution in [0.3, 0.4) is 0 Å². The Morgan fingerprint density at radius 2 is 1.93 bits per heavy atom. The Bertz CT molecular complexity index is 679. The van der Waals surface area contributed by atoms with Crippen LogP contribution in [0, 0.1) is 0 Å². The predicted octanol–water partition coefficient (Wildman–Crippen LogP) is 4.77. The number of methoxy groups -OCH3 is 1. The Kier molecular flexibility index (Phi) is 6.32. The molecule has 0 amide bonds. The zero-order chi connectivity index (χ0) is 20.5. The molecule has 0 aromatic heterocycles. The van der Waals surface area contributed by atoms with Gasteiger partial charge >= 0.3 is 5.97 Å². The molecule has 27 heavy (non-hydrogen) atoms. The van der Waals surface area contributed by atoms with Crippen LogP contribution < -0.4 is 10.1 Å². The van der Waals surface area contributed by atoms with E-state index in [-0.39, 0.29) is 17.1 Å². The molecule has 0 bridgehead atoms. The Balaban J connectivity index is 2.01. The van der Waals surface area contributed by atoms with Gasteiger partial charge in [-0.15, -0.1) is 0 Å². The van der Waals surface area contributed by atoms with E-state index in [1.807, 2.05) is 26.0 Å². The second kappa shape index (κ2) is 7.84. The smallest absolute Gasteiger partial charge is 0.330 e. The van der Waals surface area contributed by atoms with Gasteiger partial charge in [-0.1, -0.05) is 20.8 Å². The number of nitrogens with one attached hydrogen (secondary N) is 1. The fourth-order valence-corrected chi connectivity index (χ4v) is 3.86. The van der Waals surface area contributed by atoms with Gasteiger partial charge in [0.05, 0.1) is 13.7 Å². The predicted molar refractivity (Wildman–Crippen MR) is 112 cm³/mol. The van der Waals surface area contributed by atoms with Crippen LogP contribution in [0.15, 0.2) is 18.2 Å². The highest BCUT2D eigenvalue weighted by atomic mass is 28.4. The minimum Gasteiger partial charge on any atom is -0.488 e. The maximum Gasteiger partial charge on any atom is 0.330 e. The van der Waals surface area contributed by atoms with Gasteiger partial charge in [-0.3, -0.25) is 0 Å². The Hall–Kier alpha value is -1.53. The van der Waals surface area contributed by atoms with Crippen molar-refractivity contribution in [3.05, 3.63) is 23.8 Å². The molecule has 0 saturated carbocycles. The summed E-state index contributed by atoms with van der Waals surface area (Å²) in [5.41, 5.74) is 1.27. The number of ether oxygens (including phenoxy) is 2. The molecule has 1 N–H and O–H groups in total. The molecule has 1 unspecified atom stereocenters. The van der Waals surface area contributed by atoms with E-state index in [4.69, 9.17) is 13.9 Å². The fourth-order valence-electron chi connectivity index (χ4n) is 2.82. The lowest BCUT2D eigenvalue weighted by Gasteiger charge is -2.38. The average molecular weight is 394 g/mol. The third-order valence-electron chi connectivity index (χ3n) is 5.68. The third-order valence-corrected chi connectivity index (χ3v) is 10.2. The first-order valence-corrected chi connectivity index (χ1v) is 12.6. The molecule has 6 heteroatoms. The molecule has 2 rings (SSSR count). The van der Waals surface area contributed by atoms with Crippen LogP contribution in [-0.4, -0.2) is 39.6 Å². The second-order valence-corrected chi connectivity index (χ2v) is 14.2. The van der Waals surface area contributed by atoms with Crippen molar-refractivity contribution in [2.24, 2.45) is 0 Å². The number of fused-ring (bicyclic) bond motifs is 1. The van der Waals surface area contributed by atoms with Crippen molar-refractivity contribution in [2.75, 3.05) is 19.0 Å². The highest BCUT2D eigenvalue weighted by molar-refractivity contribution is 6.74. The minimum atomic E-state index is -1.76. The zero-order valence-corrected chi connectivity index (χ0v) is 19.1. The number of hydrogen-bond acceptors (Lipinski definition) is 5.